The van der Waals surface area contributed by atoms with Crippen LogP contribution in [0, 0.1) is 23.2 Å². The van der Waals surface area contributed by atoms with Crippen molar-refractivity contribution in [2.75, 3.05) is 14.2 Å². The molecule has 4 aliphatic rings. The smallest absolute Gasteiger partial charge is 0.251 e. The molecule has 1 amide bonds. The van der Waals surface area contributed by atoms with E-state index in [0.29, 0.717) is 22.5 Å². The van der Waals surface area contributed by atoms with Gasteiger partial charge >= 0.3 is 0 Å². The van der Waals surface area contributed by atoms with Gasteiger partial charge in [-0.15, -0.1) is 0 Å². The summed E-state index contributed by atoms with van der Waals surface area (Å²) >= 11 is 0. The average Bonchev–Trinajstić information content (AvgIpc) is 2.59. The maximum absolute atomic E-state index is 12.8. The van der Waals surface area contributed by atoms with Crippen molar-refractivity contribution in [3.63, 3.8) is 0 Å². The van der Waals surface area contributed by atoms with Crippen molar-refractivity contribution in [3.8, 4) is 11.5 Å². The lowest BCUT2D eigenvalue weighted by atomic mass is 9.48. The summed E-state index contributed by atoms with van der Waals surface area (Å²) < 4.78 is 10.6. The molecule has 1 atom stereocenters. The summed E-state index contributed by atoms with van der Waals surface area (Å²) in [5.74, 6) is 3.92. The highest BCUT2D eigenvalue weighted by Crippen LogP contribution is 2.61. The van der Waals surface area contributed by atoms with E-state index in [1.165, 1.54) is 38.5 Å². The number of hydrogen-bond donors (Lipinski definition) is 1. The normalized spacial score (nSPS) is 33.8. The number of carbonyl (C=O) groups excluding carboxylic acids is 1. The molecule has 0 spiro atoms. The van der Waals surface area contributed by atoms with Crippen molar-refractivity contribution < 1.29 is 14.3 Å². The zero-order valence-corrected chi connectivity index (χ0v) is 15.5. The fraction of sp³-hybridized carbons (Fsp3) is 0.667. The van der Waals surface area contributed by atoms with Crippen LogP contribution in [0.2, 0.25) is 0 Å². The fourth-order valence-electron chi connectivity index (χ4n) is 6.12. The van der Waals surface area contributed by atoms with Crippen LogP contribution in [-0.4, -0.2) is 26.2 Å². The molecule has 4 fully saturated rings. The predicted octanol–water partition coefficient (Wildman–Crippen LogP) is 4.04. The molecule has 1 aromatic carbocycles. The van der Waals surface area contributed by atoms with Gasteiger partial charge < -0.3 is 14.8 Å². The number of ether oxygens (including phenoxy) is 2. The zero-order valence-electron chi connectivity index (χ0n) is 15.5. The van der Waals surface area contributed by atoms with Crippen molar-refractivity contribution in [2.45, 2.75) is 51.5 Å². The van der Waals surface area contributed by atoms with Crippen LogP contribution < -0.4 is 14.8 Å². The summed E-state index contributed by atoms with van der Waals surface area (Å²) in [5, 5.41) is 3.31. The molecule has 0 heterocycles. The van der Waals surface area contributed by atoms with Crippen molar-refractivity contribution in [2.24, 2.45) is 23.2 Å². The monoisotopic (exact) mass is 343 g/mol. The van der Waals surface area contributed by atoms with Gasteiger partial charge in [0.1, 0.15) is 0 Å². The van der Waals surface area contributed by atoms with E-state index in [-0.39, 0.29) is 11.9 Å². The highest BCUT2D eigenvalue weighted by Gasteiger charge is 2.53. The van der Waals surface area contributed by atoms with Gasteiger partial charge in [0.25, 0.3) is 5.91 Å². The van der Waals surface area contributed by atoms with Crippen molar-refractivity contribution in [1.82, 2.24) is 5.32 Å². The molecule has 1 unspecified atom stereocenters. The molecule has 4 aliphatic carbocycles. The molecule has 25 heavy (non-hydrogen) atoms. The minimum absolute atomic E-state index is 0.0100. The molecule has 4 saturated carbocycles. The van der Waals surface area contributed by atoms with Crippen LogP contribution in [0.15, 0.2) is 18.2 Å². The van der Waals surface area contributed by atoms with E-state index < -0.39 is 0 Å². The van der Waals surface area contributed by atoms with Crippen LogP contribution in [-0.2, 0) is 0 Å². The highest BCUT2D eigenvalue weighted by atomic mass is 16.5. The first kappa shape index (κ1) is 16.7. The van der Waals surface area contributed by atoms with Gasteiger partial charge in [-0.05, 0) is 86.8 Å². The summed E-state index contributed by atoms with van der Waals surface area (Å²) in [7, 11) is 3.20. The lowest BCUT2D eigenvalue weighted by Crippen LogP contribution is -2.55. The van der Waals surface area contributed by atoms with E-state index >= 15 is 0 Å². The van der Waals surface area contributed by atoms with Gasteiger partial charge in [-0.3, -0.25) is 4.79 Å². The summed E-state index contributed by atoms with van der Waals surface area (Å²) in [5.41, 5.74) is 0.954. The number of rotatable bonds is 5. The first-order valence-corrected chi connectivity index (χ1v) is 9.56. The van der Waals surface area contributed by atoms with Gasteiger partial charge in [-0.1, -0.05) is 0 Å². The topological polar surface area (TPSA) is 47.6 Å². The third kappa shape index (κ3) is 2.90. The van der Waals surface area contributed by atoms with Crippen LogP contribution in [0.25, 0.3) is 0 Å². The first-order valence-electron chi connectivity index (χ1n) is 9.56. The molecule has 0 radical (unpaired) electrons. The van der Waals surface area contributed by atoms with Gasteiger partial charge in [0, 0.05) is 11.6 Å². The van der Waals surface area contributed by atoms with E-state index in [1.807, 2.05) is 6.07 Å². The second-order valence-corrected chi connectivity index (χ2v) is 8.54. The molecule has 0 aromatic heterocycles. The first-order chi connectivity index (χ1) is 12.0. The quantitative estimate of drug-likeness (QED) is 0.878. The van der Waals surface area contributed by atoms with E-state index in [4.69, 9.17) is 9.47 Å². The third-order valence-corrected chi connectivity index (χ3v) is 7.00. The molecule has 4 nitrogen and oxygen atoms in total. The molecule has 4 bridgehead atoms. The lowest BCUT2D eigenvalue weighted by Gasteiger charge is -2.59. The standard InChI is InChI=1S/C21H29NO3/c1-13(21-10-14-6-15(11-21)8-16(7-14)12-21)22-20(23)17-4-5-18(24-2)19(9-17)25-3/h4-5,9,13-16H,6-8,10-12H2,1-3H3,(H,22,23). The molecular formula is C21H29NO3. The lowest BCUT2D eigenvalue weighted by molar-refractivity contribution is -0.0688. The Morgan fingerprint density at radius 3 is 2.12 bits per heavy atom. The van der Waals surface area contributed by atoms with E-state index in [9.17, 15) is 4.79 Å². The number of benzene rings is 1. The van der Waals surface area contributed by atoms with E-state index in [2.05, 4.69) is 12.2 Å². The second kappa shape index (κ2) is 6.22. The molecule has 136 valence electrons. The Morgan fingerprint density at radius 2 is 1.60 bits per heavy atom. The highest BCUT2D eigenvalue weighted by molar-refractivity contribution is 5.95. The van der Waals surface area contributed by atoms with Crippen LogP contribution in [0.3, 0.4) is 0 Å². The maximum atomic E-state index is 12.8. The Bertz CT molecular complexity index is 634. The Hall–Kier alpha value is -1.71. The largest absolute Gasteiger partial charge is 0.493 e. The summed E-state index contributed by atoms with van der Waals surface area (Å²) in [6.45, 7) is 2.21. The average molecular weight is 343 g/mol. The number of carbonyl (C=O) groups is 1. The fourth-order valence-corrected chi connectivity index (χ4v) is 6.12. The van der Waals surface area contributed by atoms with Gasteiger partial charge in [0.2, 0.25) is 0 Å². The van der Waals surface area contributed by atoms with Crippen LogP contribution in [0.4, 0.5) is 0 Å². The third-order valence-electron chi connectivity index (χ3n) is 7.00. The van der Waals surface area contributed by atoms with Gasteiger partial charge in [0.15, 0.2) is 11.5 Å². The second-order valence-electron chi connectivity index (χ2n) is 8.54. The Labute approximate surface area is 150 Å². The predicted molar refractivity (Wildman–Crippen MR) is 97.1 cm³/mol. The molecule has 0 saturated heterocycles. The molecule has 0 aliphatic heterocycles. The minimum atomic E-state index is -0.0100. The number of hydrogen-bond acceptors (Lipinski definition) is 3. The Kier molecular flexibility index (Phi) is 4.17. The Morgan fingerprint density at radius 1 is 1.04 bits per heavy atom. The summed E-state index contributed by atoms with van der Waals surface area (Å²) in [6.07, 6.45) is 8.17. The maximum Gasteiger partial charge on any atom is 0.251 e. The van der Waals surface area contributed by atoms with Crippen molar-refractivity contribution in [3.05, 3.63) is 23.8 Å². The van der Waals surface area contributed by atoms with Crippen LogP contribution in [0.1, 0.15) is 55.8 Å². The minimum Gasteiger partial charge on any atom is -0.493 e. The van der Waals surface area contributed by atoms with Gasteiger partial charge in [0.05, 0.1) is 14.2 Å². The summed E-state index contributed by atoms with van der Waals surface area (Å²) in [4.78, 5) is 12.8. The molecule has 4 heteroatoms. The number of amides is 1. The summed E-state index contributed by atoms with van der Waals surface area (Å²) in [6, 6.07) is 5.59. The SMILES string of the molecule is COc1ccc(C(=O)NC(C)C23CC4CC(CC(C4)C2)C3)cc1OC. The van der Waals surface area contributed by atoms with Crippen molar-refractivity contribution >= 4 is 5.91 Å². The van der Waals surface area contributed by atoms with E-state index in [1.54, 1.807) is 26.4 Å². The molecule has 5 rings (SSSR count). The van der Waals surface area contributed by atoms with Crippen molar-refractivity contribution in [1.29, 1.82) is 0 Å². The zero-order chi connectivity index (χ0) is 17.6. The van der Waals surface area contributed by atoms with Crippen LogP contribution >= 0.6 is 0 Å². The Balaban J connectivity index is 1.49. The molecular weight excluding hydrogens is 314 g/mol. The van der Waals surface area contributed by atoms with Gasteiger partial charge in [-0.2, -0.15) is 0 Å². The molecule has 1 aromatic rings. The van der Waals surface area contributed by atoms with Crippen LogP contribution in [0.5, 0.6) is 11.5 Å². The molecule has 1 N–H and O–H groups in total. The number of methoxy groups -OCH3 is 2. The van der Waals surface area contributed by atoms with Gasteiger partial charge in [-0.25, -0.2) is 0 Å². The number of nitrogens with one attached hydrogen (secondary N) is 1. The van der Waals surface area contributed by atoms with E-state index in [0.717, 1.165) is 17.8 Å².